The quantitative estimate of drug-likeness (QED) is 0.454. The van der Waals surface area contributed by atoms with E-state index >= 15 is 0 Å². The van der Waals surface area contributed by atoms with Crippen LogP contribution in [0.2, 0.25) is 5.02 Å². The zero-order chi connectivity index (χ0) is 21.2. The van der Waals surface area contributed by atoms with Gasteiger partial charge in [-0.1, -0.05) is 11.6 Å². The molecule has 2 aromatic rings. The van der Waals surface area contributed by atoms with Crippen molar-refractivity contribution >= 4 is 38.8 Å². The van der Waals surface area contributed by atoms with Crippen molar-refractivity contribution < 1.29 is 27.5 Å². The largest absolute Gasteiger partial charge is 0.489 e. The van der Waals surface area contributed by atoms with Crippen molar-refractivity contribution in [1.82, 2.24) is 20.2 Å². The van der Waals surface area contributed by atoms with E-state index < -0.39 is 33.1 Å². The van der Waals surface area contributed by atoms with Crippen LogP contribution in [0.3, 0.4) is 0 Å². The number of aromatic nitrogens is 4. The number of ketones is 3. The van der Waals surface area contributed by atoms with Crippen LogP contribution in [0.5, 0.6) is 5.75 Å². The van der Waals surface area contributed by atoms with Crippen LogP contribution in [-0.2, 0) is 26.0 Å². The molecule has 1 saturated carbocycles. The van der Waals surface area contributed by atoms with Gasteiger partial charge < -0.3 is 4.74 Å². The smallest absolute Gasteiger partial charge is 0.182 e. The zero-order valence-corrected chi connectivity index (χ0v) is 16.9. The van der Waals surface area contributed by atoms with Gasteiger partial charge in [0.1, 0.15) is 17.4 Å². The molecular weight excluding hydrogens is 424 g/mol. The molecule has 10 nitrogen and oxygen atoms in total. The van der Waals surface area contributed by atoms with Gasteiger partial charge in [0.2, 0.25) is 0 Å². The summed E-state index contributed by atoms with van der Waals surface area (Å²) >= 11 is 6.31. The van der Waals surface area contributed by atoms with Crippen LogP contribution in [0, 0.1) is 5.92 Å². The first-order valence-electron chi connectivity index (χ1n) is 8.66. The molecule has 1 aliphatic rings. The van der Waals surface area contributed by atoms with E-state index in [-0.39, 0.29) is 47.2 Å². The lowest BCUT2D eigenvalue weighted by molar-refractivity contribution is -0.133. The molecule has 0 radical (unpaired) electrons. The molecule has 0 bridgehead atoms. The van der Waals surface area contributed by atoms with E-state index in [4.69, 9.17) is 16.3 Å². The number of sulfone groups is 1. The molecule has 1 aliphatic carbocycles. The van der Waals surface area contributed by atoms with Crippen LogP contribution in [0.15, 0.2) is 23.4 Å². The predicted octanol–water partition coefficient (Wildman–Crippen LogP) is 0.930. The number of rotatable bonds is 7. The van der Waals surface area contributed by atoms with Crippen molar-refractivity contribution in [2.24, 2.45) is 5.92 Å². The minimum absolute atomic E-state index is 0.0580. The Balaban J connectivity index is 1.95. The number of halogens is 1. The Morgan fingerprint density at radius 1 is 1.28 bits per heavy atom. The number of carbonyl (C=O) groups is 3. The van der Waals surface area contributed by atoms with Crippen molar-refractivity contribution in [2.45, 2.75) is 30.7 Å². The third-order valence-corrected chi connectivity index (χ3v) is 5.90. The average molecular weight is 441 g/mol. The predicted molar refractivity (Wildman–Crippen MR) is 99.6 cm³/mol. The maximum Gasteiger partial charge on any atom is 0.182 e. The van der Waals surface area contributed by atoms with Crippen LogP contribution < -0.4 is 4.74 Å². The van der Waals surface area contributed by atoms with Crippen molar-refractivity contribution in [3.8, 4) is 5.75 Å². The summed E-state index contributed by atoms with van der Waals surface area (Å²) < 4.78 is 29.8. The summed E-state index contributed by atoms with van der Waals surface area (Å²) in [6.07, 6.45) is 2.88. The topological polar surface area (TPSA) is 138 Å². The van der Waals surface area contributed by atoms with Gasteiger partial charge in [0.25, 0.3) is 0 Å². The second-order valence-corrected chi connectivity index (χ2v) is 8.85. The molecule has 1 aromatic carbocycles. The van der Waals surface area contributed by atoms with Gasteiger partial charge >= 0.3 is 0 Å². The lowest BCUT2D eigenvalue weighted by Gasteiger charge is -2.20. The summed E-state index contributed by atoms with van der Waals surface area (Å²) in [6.45, 7) is 0.0921. The fraction of sp³-hybridized carbons (Fsp3) is 0.412. The molecule has 29 heavy (non-hydrogen) atoms. The summed E-state index contributed by atoms with van der Waals surface area (Å²) in [5.41, 5.74) is -0.137. The highest BCUT2D eigenvalue weighted by atomic mass is 35.5. The van der Waals surface area contributed by atoms with Gasteiger partial charge in [0.15, 0.2) is 39.3 Å². The number of hydrogen-bond donors (Lipinski definition) is 0. The Labute approximate surface area is 171 Å². The summed E-state index contributed by atoms with van der Waals surface area (Å²) in [4.78, 5) is 38.1. The fourth-order valence-electron chi connectivity index (χ4n) is 3.03. The van der Waals surface area contributed by atoms with E-state index in [1.807, 2.05) is 0 Å². The number of carbonyl (C=O) groups excluding carboxylic acids is 3. The first-order chi connectivity index (χ1) is 13.7. The summed E-state index contributed by atoms with van der Waals surface area (Å²) in [5.74, 6) is -3.33. The van der Waals surface area contributed by atoms with E-state index in [9.17, 15) is 22.8 Å². The van der Waals surface area contributed by atoms with Crippen LogP contribution in [0.25, 0.3) is 0 Å². The van der Waals surface area contributed by atoms with E-state index in [0.717, 1.165) is 6.26 Å². The van der Waals surface area contributed by atoms with E-state index in [0.29, 0.717) is 6.42 Å². The van der Waals surface area contributed by atoms with E-state index in [2.05, 4.69) is 15.4 Å². The molecule has 154 valence electrons. The minimum Gasteiger partial charge on any atom is -0.489 e. The number of tetrazole rings is 1. The monoisotopic (exact) mass is 440 g/mol. The van der Waals surface area contributed by atoms with Gasteiger partial charge in [0.05, 0.1) is 11.6 Å². The number of Topliss-reactive ketones (excluding diaryl/α,β-unsaturated/α-hetero) is 3. The number of benzene rings is 1. The molecule has 1 heterocycles. The van der Waals surface area contributed by atoms with Crippen molar-refractivity contribution in [1.29, 1.82) is 0 Å². The SMILES string of the molecule is CS(=O)(=O)c1ccc(C(=O)C2C(=O)CCCC2=O)c(Cl)c1OCCn1ncnn1. The summed E-state index contributed by atoms with van der Waals surface area (Å²) in [6, 6.07) is 2.37. The first kappa shape index (κ1) is 21.1. The standard InChI is InChI=1S/C17H17ClN4O6S/c1-29(26,27)13-6-5-10(16(25)14-11(23)3-2-4-12(14)24)15(18)17(13)28-8-7-22-20-9-19-21-22/h5-6,9,14H,2-4,7-8H2,1H3. The molecule has 12 heteroatoms. The molecule has 0 N–H and O–H groups in total. The summed E-state index contributed by atoms with van der Waals surface area (Å²) in [5, 5.41) is 10.7. The van der Waals surface area contributed by atoms with Gasteiger partial charge in [-0.25, -0.2) is 8.42 Å². The molecule has 1 aromatic heterocycles. The molecule has 3 rings (SSSR count). The number of hydrogen-bond acceptors (Lipinski definition) is 9. The molecule has 0 saturated heterocycles. The second-order valence-electron chi connectivity index (χ2n) is 6.49. The maximum atomic E-state index is 12.9. The Hall–Kier alpha value is -2.66. The van der Waals surface area contributed by atoms with E-state index in [1.165, 1.54) is 23.3 Å². The second kappa shape index (κ2) is 8.37. The molecular formula is C17H17ClN4O6S. The lowest BCUT2D eigenvalue weighted by Crippen LogP contribution is -2.35. The number of nitrogens with zero attached hydrogens (tertiary/aromatic N) is 4. The number of ether oxygens (including phenoxy) is 1. The van der Waals surface area contributed by atoms with Gasteiger partial charge in [-0.2, -0.15) is 4.80 Å². The highest BCUT2D eigenvalue weighted by Crippen LogP contribution is 2.37. The highest BCUT2D eigenvalue weighted by molar-refractivity contribution is 7.90. The molecule has 0 spiro atoms. The fourth-order valence-corrected chi connectivity index (χ4v) is 4.21. The highest BCUT2D eigenvalue weighted by Gasteiger charge is 2.38. The third-order valence-electron chi connectivity index (χ3n) is 4.41. The first-order valence-corrected chi connectivity index (χ1v) is 10.9. The van der Waals surface area contributed by atoms with Gasteiger partial charge in [-0.15, -0.1) is 10.2 Å². The van der Waals surface area contributed by atoms with Crippen molar-refractivity contribution in [3.63, 3.8) is 0 Å². The molecule has 0 unspecified atom stereocenters. The third kappa shape index (κ3) is 4.51. The molecule has 0 aliphatic heterocycles. The van der Waals surface area contributed by atoms with Gasteiger partial charge in [-0.3, -0.25) is 14.4 Å². The van der Waals surface area contributed by atoms with Crippen LogP contribution in [0.1, 0.15) is 29.6 Å². The summed E-state index contributed by atoms with van der Waals surface area (Å²) in [7, 11) is -3.73. The van der Waals surface area contributed by atoms with Crippen molar-refractivity contribution in [3.05, 3.63) is 29.0 Å². The zero-order valence-electron chi connectivity index (χ0n) is 15.4. The van der Waals surface area contributed by atoms with Gasteiger partial charge in [-0.05, 0) is 23.8 Å². The van der Waals surface area contributed by atoms with Crippen LogP contribution in [0.4, 0.5) is 0 Å². The molecule has 1 fully saturated rings. The Morgan fingerprint density at radius 2 is 1.97 bits per heavy atom. The molecule has 0 atom stereocenters. The Kier molecular flexibility index (Phi) is 6.08. The van der Waals surface area contributed by atoms with Crippen LogP contribution >= 0.6 is 11.6 Å². The van der Waals surface area contributed by atoms with E-state index in [1.54, 1.807) is 0 Å². The Morgan fingerprint density at radius 3 is 2.55 bits per heavy atom. The average Bonchev–Trinajstić information content (AvgIpc) is 3.15. The molecule has 0 amide bonds. The minimum atomic E-state index is -3.73. The normalized spacial score (nSPS) is 15.5. The Bertz CT molecular complexity index is 1050. The van der Waals surface area contributed by atoms with Crippen molar-refractivity contribution in [2.75, 3.05) is 12.9 Å². The maximum absolute atomic E-state index is 12.9. The van der Waals surface area contributed by atoms with Crippen LogP contribution in [-0.4, -0.2) is 58.8 Å². The van der Waals surface area contributed by atoms with Gasteiger partial charge in [0, 0.05) is 24.7 Å². The lowest BCUT2D eigenvalue weighted by atomic mass is 9.81.